The number of nitrogens with zero attached hydrogens (tertiary/aromatic N) is 4. The maximum absolute atomic E-state index is 10.2. The summed E-state index contributed by atoms with van der Waals surface area (Å²) in [5.74, 6) is -0.386. The second-order valence-corrected chi connectivity index (χ2v) is 2.34. The molecule has 1 heterocycles. The summed E-state index contributed by atoms with van der Waals surface area (Å²) in [4.78, 5) is 12.0. The molecule has 0 radical (unpaired) electrons. The van der Waals surface area contributed by atoms with Crippen molar-refractivity contribution in [2.45, 2.75) is 6.04 Å². The van der Waals surface area contributed by atoms with E-state index in [9.17, 15) is 10.1 Å². The monoisotopic (exact) mass is 198 g/mol. The first-order valence-electron chi connectivity index (χ1n) is 3.58. The van der Waals surface area contributed by atoms with E-state index in [2.05, 4.69) is 10.0 Å². The highest BCUT2D eigenvalue weighted by Gasteiger charge is 2.17. The molecule has 0 aliphatic heterocycles. The lowest BCUT2D eigenvalue weighted by Gasteiger charge is -2.00. The molecule has 0 saturated carbocycles. The van der Waals surface area contributed by atoms with E-state index in [1.807, 2.05) is 0 Å². The first kappa shape index (κ1) is 10.0. The number of aliphatic hydroxyl groups excluding tert-OH is 1. The summed E-state index contributed by atoms with van der Waals surface area (Å²) in [7, 11) is 0. The standard InChI is InChI=1S/C6H6N4O4/c7-9-8-4(3-11)5-1-2-6(14-5)10(12)13/h1-2,4,11H,3H2. The lowest BCUT2D eigenvalue weighted by Crippen LogP contribution is -1.97. The van der Waals surface area contributed by atoms with Gasteiger partial charge in [0.25, 0.3) is 0 Å². The maximum Gasteiger partial charge on any atom is 0.433 e. The van der Waals surface area contributed by atoms with Gasteiger partial charge in [0, 0.05) is 4.91 Å². The zero-order chi connectivity index (χ0) is 10.6. The van der Waals surface area contributed by atoms with Crippen molar-refractivity contribution >= 4 is 5.88 Å². The highest BCUT2D eigenvalue weighted by atomic mass is 16.6. The molecule has 14 heavy (non-hydrogen) atoms. The van der Waals surface area contributed by atoms with E-state index >= 15 is 0 Å². The van der Waals surface area contributed by atoms with Crippen LogP contribution < -0.4 is 0 Å². The van der Waals surface area contributed by atoms with Crippen molar-refractivity contribution in [3.05, 3.63) is 38.5 Å². The number of azide groups is 1. The van der Waals surface area contributed by atoms with E-state index in [-0.39, 0.29) is 5.76 Å². The normalized spacial score (nSPS) is 11.8. The van der Waals surface area contributed by atoms with Crippen LogP contribution in [-0.2, 0) is 0 Å². The minimum absolute atomic E-state index is 0.0667. The number of hydrogen-bond donors (Lipinski definition) is 1. The topological polar surface area (TPSA) is 125 Å². The average molecular weight is 198 g/mol. The first-order chi connectivity index (χ1) is 6.69. The summed E-state index contributed by atoms with van der Waals surface area (Å²) in [6, 6.07) is 1.49. The van der Waals surface area contributed by atoms with Crippen molar-refractivity contribution in [1.82, 2.24) is 0 Å². The molecule has 0 amide bonds. The molecule has 0 bridgehead atoms. The van der Waals surface area contributed by atoms with Gasteiger partial charge in [0.05, 0.1) is 12.7 Å². The Morgan fingerprint density at radius 3 is 2.93 bits per heavy atom. The van der Waals surface area contributed by atoms with E-state index in [0.29, 0.717) is 0 Å². The maximum atomic E-state index is 10.2. The van der Waals surface area contributed by atoms with Crippen LogP contribution in [0.5, 0.6) is 0 Å². The fraction of sp³-hybridized carbons (Fsp3) is 0.333. The van der Waals surface area contributed by atoms with Gasteiger partial charge in [-0.1, -0.05) is 5.11 Å². The van der Waals surface area contributed by atoms with Crippen LogP contribution in [0.3, 0.4) is 0 Å². The van der Waals surface area contributed by atoms with Crippen molar-refractivity contribution in [2.75, 3.05) is 6.61 Å². The van der Waals surface area contributed by atoms with E-state index < -0.39 is 23.5 Å². The zero-order valence-corrected chi connectivity index (χ0v) is 6.90. The Morgan fingerprint density at radius 1 is 1.79 bits per heavy atom. The van der Waals surface area contributed by atoms with Crippen LogP contribution in [0.4, 0.5) is 5.88 Å². The highest BCUT2D eigenvalue weighted by Crippen LogP contribution is 2.23. The lowest BCUT2D eigenvalue weighted by atomic mass is 10.2. The van der Waals surface area contributed by atoms with Crippen LogP contribution in [0.2, 0.25) is 0 Å². The minimum Gasteiger partial charge on any atom is -0.405 e. The predicted octanol–water partition coefficient (Wildman–Crippen LogP) is 1.53. The molecule has 0 spiro atoms. The summed E-state index contributed by atoms with van der Waals surface area (Å²) >= 11 is 0. The van der Waals surface area contributed by atoms with E-state index in [0.717, 1.165) is 6.07 Å². The summed E-state index contributed by atoms with van der Waals surface area (Å²) in [5, 5.41) is 22.2. The van der Waals surface area contributed by atoms with Gasteiger partial charge in [-0.2, -0.15) is 0 Å². The summed E-state index contributed by atoms with van der Waals surface area (Å²) in [5.41, 5.74) is 8.12. The summed E-state index contributed by atoms with van der Waals surface area (Å²) in [6.45, 7) is -0.464. The Kier molecular flexibility index (Phi) is 3.05. The Balaban J connectivity index is 2.94. The van der Waals surface area contributed by atoms with Crippen molar-refractivity contribution < 1.29 is 14.4 Å². The van der Waals surface area contributed by atoms with Gasteiger partial charge in [-0.25, -0.2) is 0 Å². The smallest absolute Gasteiger partial charge is 0.405 e. The second kappa shape index (κ2) is 4.26. The fourth-order valence-corrected chi connectivity index (χ4v) is 0.865. The van der Waals surface area contributed by atoms with Gasteiger partial charge in [0.15, 0.2) is 0 Å². The van der Waals surface area contributed by atoms with Gasteiger partial charge in [0.2, 0.25) is 0 Å². The molecule has 0 aliphatic carbocycles. The third-order valence-corrected chi connectivity index (χ3v) is 1.48. The molecule has 1 aromatic heterocycles. The van der Waals surface area contributed by atoms with Crippen LogP contribution in [-0.4, -0.2) is 16.6 Å². The Hall–Kier alpha value is -2.05. The zero-order valence-electron chi connectivity index (χ0n) is 6.90. The summed E-state index contributed by atoms with van der Waals surface area (Å²) < 4.78 is 4.73. The second-order valence-electron chi connectivity index (χ2n) is 2.34. The molecule has 0 aromatic carbocycles. The quantitative estimate of drug-likeness (QED) is 0.259. The number of furan rings is 1. The number of nitro groups is 1. The molecule has 1 N–H and O–H groups in total. The highest BCUT2D eigenvalue weighted by molar-refractivity contribution is 5.19. The molecule has 1 unspecified atom stereocenters. The molecular formula is C6H6N4O4. The van der Waals surface area contributed by atoms with Gasteiger partial charge in [-0.15, -0.1) is 0 Å². The van der Waals surface area contributed by atoms with Gasteiger partial charge >= 0.3 is 5.88 Å². The van der Waals surface area contributed by atoms with E-state index in [1.54, 1.807) is 0 Å². The largest absolute Gasteiger partial charge is 0.433 e. The van der Waals surface area contributed by atoms with Crippen molar-refractivity contribution in [3.8, 4) is 0 Å². The summed E-state index contributed by atoms with van der Waals surface area (Å²) in [6.07, 6.45) is 0. The molecule has 0 saturated heterocycles. The molecule has 1 atom stereocenters. The molecule has 8 heteroatoms. The van der Waals surface area contributed by atoms with Crippen LogP contribution in [0.1, 0.15) is 11.8 Å². The van der Waals surface area contributed by atoms with Crippen LogP contribution in [0, 0.1) is 10.1 Å². The Bertz CT molecular complexity index is 381. The molecule has 1 rings (SSSR count). The lowest BCUT2D eigenvalue weighted by molar-refractivity contribution is -0.402. The number of rotatable bonds is 4. The average Bonchev–Trinajstić information content (AvgIpc) is 2.63. The SMILES string of the molecule is [N-]=[N+]=NC(CO)c1ccc([N+](=O)[O-])o1. The van der Waals surface area contributed by atoms with Gasteiger partial charge in [0.1, 0.15) is 16.7 Å². The molecule has 8 nitrogen and oxygen atoms in total. The van der Waals surface area contributed by atoms with Gasteiger partial charge in [-0.3, -0.25) is 10.1 Å². The fourth-order valence-electron chi connectivity index (χ4n) is 0.865. The Labute approximate surface area is 77.5 Å². The van der Waals surface area contributed by atoms with Crippen LogP contribution in [0.15, 0.2) is 21.7 Å². The van der Waals surface area contributed by atoms with E-state index in [1.165, 1.54) is 6.07 Å². The van der Waals surface area contributed by atoms with Crippen LogP contribution >= 0.6 is 0 Å². The molecule has 0 aliphatic rings. The van der Waals surface area contributed by atoms with Gasteiger partial charge < -0.3 is 9.52 Å². The number of hydrogen-bond acceptors (Lipinski definition) is 5. The molecular weight excluding hydrogens is 192 g/mol. The van der Waals surface area contributed by atoms with Crippen molar-refractivity contribution in [1.29, 1.82) is 0 Å². The minimum atomic E-state index is -0.923. The predicted molar refractivity (Wildman–Crippen MR) is 44.3 cm³/mol. The van der Waals surface area contributed by atoms with Crippen molar-refractivity contribution in [2.24, 2.45) is 5.11 Å². The Morgan fingerprint density at radius 2 is 2.50 bits per heavy atom. The number of aliphatic hydroxyl groups is 1. The van der Waals surface area contributed by atoms with Crippen molar-refractivity contribution in [3.63, 3.8) is 0 Å². The van der Waals surface area contributed by atoms with Crippen LogP contribution in [0.25, 0.3) is 10.4 Å². The third kappa shape index (κ3) is 2.00. The third-order valence-electron chi connectivity index (χ3n) is 1.48. The molecule has 74 valence electrons. The molecule has 1 aromatic rings. The first-order valence-corrected chi connectivity index (χ1v) is 3.58. The molecule has 0 fully saturated rings. The van der Waals surface area contributed by atoms with Gasteiger partial charge in [-0.05, 0) is 11.6 Å². The van der Waals surface area contributed by atoms with E-state index in [4.69, 9.17) is 15.1 Å².